The minimum Gasteiger partial charge on any atom is -0.473 e. The van der Waals surface area contributed by atoms with E-state index in [0.717, 1.165) is 13.1 Å². The van der Waals surface area contributed by atoms with E-state index < -0.39 is 11.9 Å². The third-order valence-corrected chi connectivity index (χ3v) is 0.751. The molecule has 1 heterocycles. The van der Waals surface area contributed by atoms with E-state index in [0.29, 0.717) is 0 Å². The van der Waals surface area contributed by atoms with Gasteiger partial charge in [0.1, 0.15) is 0 Å². The highest BCUT2D eigenvalue weighted by atomic mass is 16.4. The first-order valence-electron chi connectivity index (χ1n) is 2.82. The Morgan fingerprint density at radius 3 is 2.00 bits per heavy atom. The Kier molecular flexibility index (Phi) is 4.46. The number of carboxylic acids is 2. The van der Waals surface area contributed by atoms with Crippen LogP contribution in [-0.4, -0.2) is 41.6 Å². The third kappa shape index (κ3) is 6.29. The fourth-order valence-electron chi connectivity index (χ4n) is 0.323. The summed E-state index contributed by atoms with van der Waals surface area (Å²) in [7, 11) is 0. The Hall–Kier alpha value is -1.59. The van der Waals surface area contributed by atoms with E-state index in [1.54, 1.807) is 6.34 Å². The van der Waals surface area contributed by atoms with Crippen LogP contribution in [0.1, 0.15) is 0 Å². The number of hydrogen-bond acceptors (Lipinski definition) is 4. The first kappa shape index (κ1) is 9.41. The van der Waals surface area contributed by atoms with Crippen molar-refractivity contribution in [3.05, 3.63) is 0 Å². The zero-order valence-corrected chi connectivity index (χ0v) is 5.65. The molecule has 1 aliphatic heterocycles. The van der Waals surface area contributed by atoms with E-state index in [4.69, 9.17) is 19.8 Å². The maximum absolute atomic E-state index is 9.10. The molecule has 0 fully saturated rings. The van der Waals surface area contributed by atoms with Crippen molar-refractivity contribution >= 4 is 18.3 Å². The van der Waals surface area contributed by atoms with Gasteiger partial charge in [-0.05, 0) is 0 Å². The Bertz CT molecular complexity index is 159. The smallest absolute Gasteiger partial charge is 0.414 e. The molecule has 0 saturated heterocycles. The van der Waals surface area contributed by atoms with Gasteiger partial charge in [-0.15, -0.1) is 0 Å². The Balaban J connectivity index is 0.000000183. The minimum atomic E-state index is -1.82. The lowest BCUT2D eigenvalue weighted by Gasteiger charge is -1.75. The standard InChI is InChI=1S/C3H6N2.C2H2O4/c1-2-5-3-4-1;3-1(4)2(5)6/h3H,1-2H2,(H,4,5);(H,3,4)(H,5,6). The second kappa shape index (κ2) is 5.21. The van der Waals surface area contributed by atoms with Gasteiger partial charge in [0, 0.05) is 6.54 Å². The average molecular weight is 160 g/mol. The molecule has 0 aromatic heterocycles. The van der Waals surface area contributed by atoms with Crippen LogP contribution >= 0.6 is 0 Å². The molecule has 0 saturated carbocycles. The summed E-state index contributed by atoms with van der Waals surface area (Å²) in [6.45, 7) is 1.99. The van der Waals surface area contributed by atoms with E-state index in [-0.39, 0.29) is 0 Å². The molecule has 0 bridgehead atoms. The Morgan fingerprint density at radius 1 is 1.36 bits per heavy atom. The zero-order chi connectivity index (χ0) is 8.69. The molecule has 6 nitrogen and oxygen atoms in total. The summed E-state index contributed by atoms with van der Waals surface area (Å²) in [4.78, 5) is 22.0. The van der Waals surface area contributed by atoms with Crippen LogP contribution in [0.2, 0.25) is 0 Å². The molecule has 0 amide bonds. The van der Waals surface area contributed by atoms with Crippen molar-refractivity contribution in [3.63, 3.8) is 0 Å². The van der Waals surface area contributed by atoms with Crippen molar-refractivity contribution in [3.8, 4) is 0 Å². The second-order valence-corrected chi connectivity index (χ2v) is 1.60. The van der Waals surface area contributed by atoms with Crippen LogP contribution in [0.3, 0.4) is 0 Å². The lowest BCUT2D eigenvalue weighted by Crippen LogP contribution is -2.09. The number of hydrogen-bond donors (Lipinski definition) is 3. The van der Waals surface area contributed by atoms with Crippen LogP contribution < -0.4 is 5.32 Å². The Morgan fingerprint density at radius 2 is 1.91 bits per heavy atom. The van der Waals surface area contributed by atoms with Crippen LogP contribution in [0.5, 0.6) is 0 Å². The largest absolute Gasteiger partial charge is 0.473 e. The molecule has 62 valence electrons. The van der Waals surface area contributed by atoms with Crippen molar-refractivity contribution in [2.75, 3.05) is 13.1 Å². The fourth-order valence-corrected chi connectivity index (χ4v) is 0.323. The van der Waals surface area contributed by atoms with Gasteiger partial charge < -0.3 is 15.5 Å². The van der Waals surface area contributed by atoms with Gasteiger partial charge in [-0.25, -0.2) is 9.59 Å². The number of rotatable bonds is 0. The molecule has 11 heavy (non-hydrogen) atoms. The van der Waals surface area contributed by atoms with Gasteiger partial charge in [-0.3, -0.25) is 4.99 Å². The molecule has 1 aliphatic rings. The van der Waals surface area contributed by atoms with Gasteiger partial charge in [0.25, 0.3) is 0 Å². The molecule has 3 N–H and O–H groups in total. The van der Waals surface area contributed by atoms with Gasteiger partial charge >= 0.3 is 11.9 Å². The molecule has 0 aliphatic carbocycles. The average Bonchev–Trinajstić information content (AvgIpc) is 2.41. The van der Waals surface area contributed by atoms with E-state index in [2.05, 4.69) is 10.3 Å². The highest BCUT2D eigenvalue weighted by molar-refractivity contribution is 6.27. The van der Waals surface area contributed by atoms with Crippen molar-refractivity contribution in [1.82, 2.24) is 5.32 Å². The molecule has 0 unspecified atom stereocenters. The summed E-state index contributed by atoms with van der Waals surface area (Å²) in [5.41, 5.74) is 0. The molecule has 6 heteroatoms. The first-order chi connectivity index (χ1) is 5.14. The molecule has 0 aromatic rings. The molecule has 1 rings (SSSR count). The number of aliphatic imine (C=N–C) groups is 1. The van der Waals surface area contributed by atoms with Crippen LogP contribution in [-0.2, 0) is 9.59 Å². The van der Waals surface area contributed by atoms with E-state index in [1.807, 2.05) is 0 Å². The van der Waals surface area contributed by atoms with Crippen LogP contribution in [0.4, 0.5) is 0 Å². The quantitative estimate of drug-likeness (QED) is 0.385. The van der Waals surface area contributed by atoms with Gasteiger partial charge in [0.2, 0.25) is 0 Å². The third-order valence-electron chi connectivity index (χ3n) is 0.751. The van der Waals surface area contributed by atoms with Crippen molar-refractivity contribution in [2.45, 2.75) is 0 Å². The minimum absolute atomic E-state index is 0.958. The fraction of sp³-hybridized carbons (Fsp3) is 0.400. The molecule has 0 aromatic carbocycles. The number of nitrogens with one attached hydrogen (secondary N) is 1. The molecular formula is C5H8N2O4. The van der Waals surface area contributed by atoms with Gasteiger partial charge in [0.15, 0.2) is 0 Å². The summed E-state index contributed by atoms with van der Waals surface area (Å²) in [6.07, 6.45) is 1.74. The Labute approximate surface area is 62.6 Å². The normalized spacial score (nSPS) is 12.7. The highest BCUT2D eigenvalue weighted by Crippen LogP contribution is 1.68. The van der Waals surface area contributed by atoms with Crippen LogP contribution in [0.25, 0.3) is 0 Å². The van der Waals surface area contributed by atoms with E-state index >= 15 is 0 Å². The molecule has 0 spiro atoms. The summed E-state index contributed by atoms with van der Waals surface area (Å²) in [5.74, 6) is -3.65. The number of carboxylic acid groups (broad SMARTS) is 2. The second-order valence-electron chi connectivity index (χ2n) is 1.60. The summed E-state index contributed by atoms with van der Waals surface area (Å²) in [6, 6.07) is 0. The number of carbonyl (C=O) groups is 2. The highest BCUT2D eigenvalue weighted by Gasteiger charge is 2.04. The maximum atomic E-state index is 9.10. The number of nitrogens with zero attached hydrogens (tertiary/aromatic N) is 1. The van der Waals surface area contributed by atoms with Crippen LogP contribution in [0, 0.1) is 0 Å². The lowest BCUT2D eigenvalue weighted by molar-refractivity contribution is -0.159. The lowest BCUT2D eigenvalue weighted by atomic mass is 10.7. The molecule has 0 radical (unpaired) electrons. The monoisotopic (exact) mass is 160 g/mol. The van der Waals surface area contributed by atoms with E-state index in [1.165, 1.54) is 0 Å². The topological polar surface area (TPSA) is 99.0 Å². The summed E-state index contributed by atoms with van der Waals surface area (Å²) < 4.78 is 0. The van der Waals surface area contributed by atoms with Crippen molar-refractivity contribution in [2.24, 2.45) is 4.99 Å². The zero-order valence-electron chi connectivity index (χ0n) is 5.65. The van der Waals surface area contributed by atoms with E-state index in [9.17, 15) is 0 Å². The molecular weight excluding hydrogens is 152 g/mol. The maximum Gasteiger partial charge on any atom is 0.414 e. The van der Waals surface area contributed by atoms with Gasteiger partial charge in [0.05, 0.1) is 12.9 Å². The summed E-state index contributed by atoms with van der Waals surface area (Å²) in [5, 5.41) is 17.7. The summed E-state index contributed by atoms with van der Waals surface area (Å²) >= 11 is 0. The van der Waals surface area contributed by atoms with Gasteiger partial charge in [-0.1, -0.05) is 0 Å². The van der Waals surface area contributed by atoms with Crippen molar-refractivity contribution < 1.29 is 19.8 Å². The van der Waals surface area contributed by atoms with Crippen molar-refractivity contribution in [1.29, 1.82) is 0 Å². The predicted octanol–water partition coefficient (Wildman–Crippen LogP) is -1.23. The van der Waals surface area contributed by atoms with Gasteiger partial charge in [-0.2, -0.15) is 0 Å². The van der Waals surface area contributed by atoms with Crippen LogP contribution in [0.15, 0.2) is 4.99 Å². The first-order valence-corrected chi connectivity index (χ1v) is 2.82. The molecule has 0 atom stereocenters. The number of aliphatic carboxylic acids is 2. The SMILES string of the molecule is C1=NCCN1.O=C(O)C(=O)O. The predicted molar refractivity (Wildman–Crippen MR) is 36.6 cm³/mol.